The van der Waals surface area contributed by atoms with Crippen molar-refractivity contribution >= 4 is 5.78 Å². The number of rotatable bonds is 3. The van der Waals surface area contributed by atoms with Gasteiger partial charge in [-0.2, -0.15) is 10.2 Å². The predicted octanol–water partition coefficient (Wildman–Crippen LogP) is 3.19. The Kier molecular flexibility index (Phi) is 3.29. The summed E-state index contributed by atoms with van der Waals surface area (Å²) < 4.78 is 0. The third kappa shape index (κ3) is 2.32. The van der Waals surface area contributed by atoms with Gasteiger partial charge in [0.15, 0.2) is 5.78 Å². The number of aromatic hydroxyl groups is 1. The van der Waals surface area contributed by atoms with Crippen LogP contribution in [-0.2, 0) is 0 Å². The Balaban J connectivity index is 1.87. The van der Waals surface area contributed by atoms with Crippen molar-refractivity contribution in [3.8, 4) is 5.75 Å². The Morgan fingerprint density at radius 3 is 2.45 bits per heavy atom. The van der Waals surface area contributed by atoms with Crippen LogP contribution >= 0.6 is 0 Å². The number of carbonyl (C=O) groups excluding carboxylic acids is 1. The molecule has 2 atom stereocenters. The average Bonchev–Trinajstić information content (AvgIpc) is 2.97. The zero-order valence-corrected chi connectivity index (χ0v) is 10.8. The minimum atomic E-state index is -0.470. The molecule has 0 aliphatic carbocycles. The number of nitrogens with zero attached hydrogens (tertiary/aromatic N) is 2. The molecular weight excluding hydrogens is 252 g/mol. The summed E-state index contributed by atoms with van der Waals surface area (Å²) in [6.45, 7) is 0.540. The fraction of sp³-hybridized carbons (Fsp3) is 0.188. The second-order valence-corrected chi connectivity index (χ2v) is 4.81. The van der Waals surface area contributed by atoms with Crippen LogP contribution in [0.3, 0.4) is 0 Å². The lowest BCUT2D eigenvalue weighted by Gasteiger charge is -2.15. The molecule has 4 nitrogen and oxygen atoms in total. The van der Waals surface area contributed by atoms with Gasteiger partial charge in [-0.15, -0.1) is 0 Å². The maximum Gasteiger partial charge on any atom is 0.189 e. The van der Waals surface area contributed by atoms with Crippen molar-refractivity contribution in [2.45, 2.75) is 12.0 Å². The Labute approximate surface area is 116 Å². The van der Waals surface area contributed by atoms with E-state index >= 15 is 0 Å². The number of ketones is 1. The Bertz CT molecular complexity index is 635. The van der Waals surface area contributed by atoms with Crippen molar-refractivity contribution in [3.05, 3.63) is 65.7 Å². The number of phenols is 1. The molecule has 0 aromatic heterocycles. The zero-order chi connectivity index (χ0) is 13.9. The van der Waals surface area contributed by atoms with Crippen molar-refractivity contribution in [1.82, 2.24) is 0 Å². The molecule has 2 unspecified atom stereocenters. The van der Waals surface area contributed by atoms with Crippen molar-refractivity contribution in [1.29, 1.82) is 0 Å². The first-order chi connectivity index (χ1) is 9.75. The molecule has 4 heteroatoms. The van der Waals surface area contributed by atoms with Gasteiger partial charge in [-0.3, -0.25) is 4.79 Å². The predicted molar refractivity (Wildman–Crippen MR) is 75.1 cm³/mol. The van der Waals surface area contributed by atoms with E-state index in [1.807, 2.05) is 30.3 Å². The van der Waals surface area contributed by atoms with Crippen molar-refractivity contribution in [2.75, 3.05) is 6.54 Å². The summed E-state index contributed by atoms with van der Waals surface area (Å²) in [5.74, 6) is 0.0896. The lowest BCUT2D eigenvalue weighted by Crippen LogP contribution is -2.24. The number of hydrogen-bond donors (Lipinski definition) is 1. The quantitative estimate of drug-likeness (QED) is 0.867. The first-order valence-corrected chi connectivity index (χ1v) is 6.50. The van der Waals surface area contributed by atoms with Crippen molar-refractivity contribution < 1.29 is 9.90 Å². The van der Waals surface area contributed by atoms with E-state index in [9.17, 15) is 9.90 Å². The van der Waals surface area contributed by atoms with E-state index < -0.39 is 6.04 Å². The number of hydrogen-bond acceptors (Lipinski definition) is 4. The molecule has 0 fully saturated rings. The highest BCUT2D eigenvalue weighted by atomic mass is 16.3. The molecule has 0 spiro atoms. The van der Waals surface area contributed by atoms with E-state index in [0.717, 1.165) is 5.56 Å². The normalized spacial score (nSPS) is 21.0. The summed E-state index contributed by atoms with van der Waals surface area (Å²) in [6, 6.07) is 15.6. The Hall–Kier alpha value is -2.49. The highest BCUT2D eigenvalue weighted by molar-refractivity contribution is 6.01. The molecule has 1 aliphatic heterocycles. The number of carbonyl (C=O) groups is 1. The molecule has 0 bridgehead atoms. The highest BCUT2D eigenvalue weighted by Gasteiger charge is 2.33. The topological polar surface area (TPSA) is 62.0 Å². The molecular formula is C16H14N2O2. The van der Waals surface area contributed by atoms with Crippen LogP contribution < -0.4 is 0 Å². The van der Waals surface area contributed by atoms with Gasteiger partial charge < -0.3 is 5.11 Å². The van der Waals surface area contributed by atoms with E-state index in [0.29, 0.717) is 12.1 Å². The van der Waals surface area contributed by atoms with Crippen molar-refractivity contribution in [3.63, 3.8) is 0 Å². The van der Waals surface area contributed by atoms with Gasteiger partial charge in [0.2, 0.25) is 0 Å². The van der Waals surface area contributed by atoms with Gasteiger partial charge in [0.05, 0.1) is 6.54 Å². The zero-order valence-electron chi connectivity index (χ0n) is 10.8. The maximum atomic E-state index is 12.5. The molecule has 2 aromatic carbocycles. The molecule has 0 amide bonds. The van der Waals surface area contributed by atoms with Crippen LogP contribution in [0, 0.1) is 0 Å². The van der Waals surface area contributed by atoms with E-state index in [1.165, 1.54) is 12.1 Å². The molecule has 0 saturated carbocycles. The maximum absolute atomic E-state index is 12.5. The fourth-order valence-electron chi connectivity index (χ4n) is 2.42. The van der Waals surface area contributed by atoms with Gasteiger partial charge in [0.1, 0.15) is 11.8 Å². The van der Waals surface area contributed by atoms with Gasteiger partial charge >= 0.3 is 0 Å². The second-order valence-electron chi connectivity index (χ2n) is 4.81. The molecule has 1 heterocycles. The largest absolute Gasteiger partial charge is 0.508 e. The monoisotopic (exact) mass is 266 g/mol. The van der Waals surface area contributed by atoms with E-state index in [2.05, 4.69) is 10.2 Å². The second kappa shape index (κ2) is 5.25. The van der Waals surface area contributed by atoms with Crippen LogP contribution in [0.5, 0.6) is 5.75 Å². The van der Waals surface area contributed by atoms with Gasteiger partial charge in [-0.1, -0.05) is 30.3 Å². The number of Topliss-reactive ketones (excluding diaryl/α,β-unsaturated/α-hetero) is 1. The lowest BCUT2D eigenvalue weighted by atomic mass is 9.88. The van der Waals surface area contributed by atoms with Gasteiger partial charge in [0.25, 0.3) is 0 Å². The van der Waals surface area contributed by atoms with Crippen LogP contribution in [0.25, 0.3) is 0 Å². The molecule has 1 aliphatic rings. The molecule has 20 heavy (non-hydrogen) atoms. The molecule has 0 saturated heterocycles. The number of azo groups is 1. The van der Waals surface area contributed by atoms with Crippen LogP contribution in [-0.4, -0.2) is 23.5 Å². The first kappa shape index (κ1) is 12.5. The standard InChI is InChI=1S/C16H14N2O2/c19-13-8-6-12(7-9-13)16(20)15-14(10-17-18-15)11-4-2-1-3-5-11/h1-9,14-15,19H,10H2. The third-order valence-corrected chi connectivity index (χ3v) is 3.51. The Morgan fingerprint density at radius 2 is 1.75 bits per heavy atom. The molecule has 100 valence electrons. The third-order valence-electron chi connectivity index (χ3n) is 3.51. The summed E-state index contributed by atoms with van der Waals surface area (Å²) in [7, 11) is 0. The van der Waals surface area contributed by atoms with E-state index in [1.54, 1.807) is 12.1 Å². The fourth-order valence-corrected chi connectivity index (χ4v) is 2.42. The smallest absolute Gasteiger partial charge is 0.189 e. The van der Waals surface area contributed by atoms with E-state index in [4.69, 9.17) is 0 Å². The molecule has 0 radical (unpaired) electrons. The van der Waals surface area contributed by atoms with Gasteiger partial charge in [-0.25, -0.2) is 0 Å². The lowest BCUT2D eigenvalue weighted by molar-refractivity contribution is 0.0956. The van der Waals surface area contributed by atoms with Crippen molar-refractivity contribution in [2.24, 2.45) is 10.2 Å². The summed E-state index contributed by atoms with van der Waals surface area (Å²) in [4.78, 5) is 12.5. The number of phenolic OH excluding ortho intramolecular Hbond substituents is 1. The summed E-state index contributed by atoms with van der Waals surface area (Å²) in [5.41, 5.74) is 1.63. The molecule has 2 aromatic rings. The van der Waals surface area contributed by atoms with E-state index in [-0.39, 0.29) is 17.5 Å². The number of benzene rings is 2. The van der Waals surface area contributed by atoms with Crippen LogP contribution in [0.15, 0.2) is 64.8 Å². The minimum Gasteiger partial charge on any atom is -0.508 e. The summed E-state index contributed by atoms with van der Waals surface area (Å²) >= 11 is 0. The molecule has 1 N–H and O–H groups in total. The summed E-state index contributed by atoms with van der Waals surface area (Å²) in [6.07, 6.45) is 0. The Morgan fingerprint density at radius 1 is 1.05 bits per heavy atom. The van der Waals surface area contributed by atoms with Crippen LogP contribution in [0.1, 0.15) is 21.8 Å². The average molecular weight is 266 g/mol. The van der Waals surface area contributed by atoms with Gasteiger partial charge in [-0.05, 0) is 29.8 Å². The SMILES string of the molecule is O=C(c1ccc(O)cc1)C1N=NCC1c1ccccc1. The summed E-state index contributed by atoms with van der Waals surface area (Å²) in [5, 5.41) is 17.4. The van der Waals surface area contributed by atoms with Gasteiger partial charge in [0, 0.05) is 11.5 Å². The molecule has 3 rings (SSSR count). The van der Waals surface area contributed by atoms with Crippen LogP contribution in [0.4, 0.5) is 0 Å². The highest BCUT2D eigenvalue weighted by Crippen LogP contribution is 2.30. The first-order valence-electron chi connectivity index (χ1n) is 6.50. The minimum absolute atomic E-state index is 0.00231. The van der Waals surface area contributed by atoms with Crippen LogP contribution in [0.2, 0.25) is 0 Å².